The fourth-order valence-corrected chi connectivity index (χ4v) is 2.52. The highest BCUT2D eigenvalue weighted by molar-refractivity contribution is 7.92. The second-order valence-corrected chi connectivity index (χ2v) is 5.45. The van der Waals surface area contributed by atoms with Crippen LogP contribution >= 0.6 is 0 Å². The van der Waals surface area contributed by atoms with Crippen LogP contribution in [0.15, 0.2) is 33.8 Å². The van der Waals surface area contributed by atoms with Crippen LogP contribution < -0.4 is 15.2 Å². The second kappa shape index (κ2) is 4.81. The summed E-state index contributed by atoms with van der Waals surface area (Å²) in [6, 6.07) is 4.18. The molecule has 0 aliphatic carbocycles. The van der Waals surface area contributed by atoms with Crippen molar-refractivity contribution in [3.05, 3.63) is 30.2 Å². The average Bonchev–Trinajstić information content (AvgIpc) is 2.73. The van der Waals surface area contributed by atoms with E-state index in [-0.39, 0.29) is 16.6 Å². The predicted octanol–water partition coefficient (Wildman–Crippen LogP) is 1.37. The molecule has 1 aromatic heterocycles. The number of oxazole rings is 1. The molecule has 0 saturated heterocycles. The SMILES string of the molecule is COc1ccc(S(=O)(=O)Nc2nc(C)co2)c(N)c1. The molecule has 0 aliphatic heterocycles. The smallest absolute Gasteiger partial charge is 0.309 e. The zero-order valence-electron chi connectivity index (χ0n) is 10.4. The molecule has 2 aromatic rings. The number of methoxy groups -OCH3 is 1. The summed E-state index contributed by atoms with van der Waals surface area (Å²) in [6.45, 7) is 1.68. The van der Waals surface area contributed by atoms with E-state index in [0.717, 1.165) is 0 Å². The van der Waals surface area contributed by atoms with Gasteiger partial charge in [0, 0.05) is 6.07 Å². The number of aromatic nitrogens is 1. The topological polar surface area (TPSA) is 107 Å². The largest absolute Gasteiger partial charge is 0.497 e. The van der Waals surface area contributed by atoms with Crippen LogP contribution in [0.3, 0.4) is 0 Å². The van der Waals surface area contributed by atoms with Crippen LogP contribution in [0.2, 0.25) is 0 Å². The summed E-state index contributed by atoms with van der Waals surface area (Å²) in [6.07, 6.45) is 1.34. The van der Waals surface area contributed by atoms with Gasteiger partial charge in [-0.05, 0) is 19.1 Å². The summed E-state index contributed by atoms with van der Waals surface area (Å²) in [5.74, 6) is 0.475. The molecule has 0 spiro atoms. The quantitative estimate of drug-likeness (QED) is 0.821. The Morgan fingerprint density at radius 2 is 2.16 bits per heavy atom. The Morgan fingerprint density at radius 3 is 2.68 bits per heavy atom. The molecular formula is C11H13N3O4S. The fraction of sp³-hybridized carbons (Fsp3) is 0.182. The van der Waals surface area contributed by atoms with Crippen LogP contribution in [0.4, 0.5) is 11.7 Å². The third kappa shape index (κ3) is 2.79. The van der Waals surface area contributed by atoms with E-state index in [4.69, 9.17) is 14.9 Å². The number of anilines is 2. The molecule has 0 radical (unpaired) electrons. The van der Waals surface area contributed by atoms with E-state index in [1.165, 1.54) is 31.6 Å². The van der Waals surface area contributed by atoms with Crippen LogP contribution in [-0.4, -0.2) is 20.5 Å². The molecule has 2 rings (SSSR count). The zero-order chi connectivity index (χ0) is 14.0. The number of nitrogen functional groups attached to an aromatic ring is 1. The Morgan fingerprint density at radius 1 is 1.42 bits per heavy atom. The van der Waals surface area contributed by atoms with E-state index in [2.05, 4.69) is 9.71 Å². The first-order valence-electron chi connectivity index (χ1n) is 5.31. The maximum atomic E-state index is 12.1. The first kappa shape index (κ1) is 13.2. The van der Waals surface area contributed by atoms with Gasteiger partial charge in [-0.25, -0.2) is 13.1 Å². The van der Waals surface area contributed by atoms with Crippen molar-refractivity contribution in [1.29, 1.82) is 0 Å². The van der Waals surface area contributed by atoms with E-state index in [0.29, 0.717) is 11.4 Å². The van der Waals surface area contributed by atoms with Crippen molar-refractivity contribution in [2.24, 2.45) is 0 Å². The molecule has 8 heteroatoms. The average molecular weight is 283 g/mol. The van der Waals surface area contributed by atoms with E-state index in [1.807, 2.05) is 0 Å². The monoisotopic (exact) mass is 283 g/mol. The molecule has 0 saturated carbocycles. The van der Waals surface area contributed by atoms with E-state index < -0.39 is 10.0 Å². The molecule has 0 aliphatic rings. The summed E-state index contributed by atoms with van der Waals surface area (Å²) in [5, 5.41) is 0. The van der Waals surface area contributed by atoms with Gasteiger partial charge in [-0.3, -0.25) is 0 Å². The molecule has 19 heavy (non-hydrogen) atoms. The number of hydrogen-bond donors (Lipinski definition) is 2. The number of hydrogen-bond acceptors (Lipinski definition) is 6. The molecule has 0 fully saturated rings. The van der Waals surface area contributed by atoms with E-state index >= 15 is 0 Å². The van der Waals surface area contributed by atoms with Gasteiger partial charge in [0.1, 0.15) is 16.9 Å². The lowest BCUT2D eigenvalue weighted by Crippen LogP contribution is -2.15. The summed E-state index contributed by atoms with van der Waals surface area (Å²) in [4.78, 5) is 3.80. The van der Waals surface area contributed by atoms with Crippen LogP contribution in [0.5, 0.6) is 5.75 Å². The van der Waals surface area contributed by atoms with Gasteiger partial charge in [0.05, 0.1) is 18.5 Å². The fourth-order valence-electron chi connectivity index (χ4n) is 1.47. The van der Waals surface area contributed by atoms with E-state index in [1.54, 1.807) is 6.92 Å². The van der Waals surface area contributed by atoms with Gasteiger partial charge in [-0.2, -0.15) is 4.98 Å². The number of nitrogens with one attached hydrogen (secondary N) is 1. The Balaban J connectivity index is 2.34. The predicted molar refractivity (Wildman–Crippen MR) is 69.5 cm³/mol. The Labute approximate surface area is 110 Å². The number of sulfonamides is 1. The second-order valence-electron chi connectivity index (χ2n) is 3.80. The highest BCUT2D eigenvalue weighted by Gasteiger charge is 2.20. The maximum Gasteiger partial charge on any atom is 0.309 e. The summed E-state index contributed by atoms with van der Waals surface area (Å²) < 4.78 is 36.3. The van der Waals surface area contributed by atoms with Crippen LogP contribution in [0, 0.1) is 6.92 Å². The third-order valence-corrected chi connectivity index (χ3v) is 3.74. The van der Waals surface area contributed by atoms with Gasteiger partial charge in [0.2, 0.25) is 0 Å². The number of nitrogens with zero attached hydrogens (tertiary/aromatic N) is 1. The van der Waals surface area contributed by atoms with Crippen molar-refractivity contribution >= 4 is 21.7 Å². The molecule has 0 atom stereocenters. The van der Waals surface area contributed by atoms with Gasteiger partial charge in [-0.1, -0.05) is 0 Å². The number of ether oxygens (including phenoxy) is 1. The lowest BCUT2D eigenvalue weighted by molar-refractivity contribution is 0.414. The standard InChI is InChI=1S/C11H13N3O4S/c1-7-6-18-11(13-7)14-19(15,16)10-4-3-8(17-2)5-9(10)12/h3-6H,12H2,1-2H3,(H,13,14). The normalized spacial score (nSPS) is 11.3. The van der Waals surface area contributed by atoms with Crippen molar-refractivity contribution in [3.63, 3.8) is 0 Å². The van der Waals surface area contributed by atoms with Crippen LogP contribution in [-0.2, 0) is 10.0 Å². The number of aryl methyl sites for hydroxylation is 1. The molecule has 0 amide bonds. The molecule has 0 bridgehead atoms. The Hall–Kier alpha value is -2.22. The highest BCUT2D eigenvalue weighted by Crippen LogP contribution is 2.25. The lowest BCUT2D eigenvalue weighted by Gasteiger charge is -2.08. The number of nitrogens with two attached hydrogens (primary N) is 1. The first-order valence-corrected chi connectivity index (χ1v) is 6.79. The Bertz CT molecular complexity index is 694. The molecule has 0 unspecified atom stereocenters. The van der Waals surface area contributed by atoms with Gasteiger partial charge < -0.3 is 14.9 Å². The van der Waals surface area contributed by atoms with Crippen molar-refractivity contribution in [2.45, 2.75) is 11.8 Å². The Kier molecular flexibility index (Phi) is 3.34. The third-order valence-electron chi connectivity index (χ3n) is 2.35. The molecular weight excluding hydrogens is 270 g/mol. The number of rotatable bonds is 4. The maximum absolute atomic E-state index is 12.1. The molecule has 1 aromatic carbocycles. The van der Waals surface area contributed by atoms with Gasteiger partial charge in [-0.15, -0.1) is 0 Å². The minimum atomic E-state index is -3.84. The summed E-state index contributed by atoms with van der Waals surface area (Å²) in [5.41, 5.74) is 6.34. The van der Waals surface area contributed by atoms with Crippen molar-refractivity contribution < 1.29 is 17.6 Å². The van der Waals surface area contributed by atoms with Gasteiger partial charge in [0.25, 0.3) is 10.0 Å². The zero-order valence-corrected chi connectivity index (χ0v) is 11.2. The van der Waals surface area contributed by atoms with Crippen molar-refractivity contribution in [3.8, 4) is 5.75 Å². The lowest BCUT2D eigenvalue weighted by atomic mass is 10.3. The van der Waals surface area contributed by atoms with E-state index in [9.17, 15) is 8.42 Å². The summed E-state index contributed by atoms with van der Waals surface area (Å²) >= 11 is 0. The highest BCUT2D eigenvalue weighted by atomic mass is 32.2. The summed E-state index contributed by atoms with van der Waals surface area (Å²) in [7, 11) is -2.37. The minimum Gasteiger partial charge on any atom is -0.497 e. The van der Waals surface area contributed by atoms with Crippen LogP contribution in [0.1, 0.15) is 5.69 Å². The molecule has 102 valence electrons. The van der Waals surface area contributed by atoms with Gasteiger partial charge in [0.15, 0.2) is 0 Å². The molecule has 1 heterocycles. The van der Waals surface area contributed by atoms with Gasteiger partial charge >= 0.3 is 6.01 Å². The molecule has 7 nitrogen and oxygen atoms in total. The first-order chi connectivity index (χ1) is 8.92. The van der Waals surface area contributed by atoms with Crippen molar-refractivity contribution in [2.75, 3.05) is 17.6 Å². The minimum absolute atomic E-state index is 0.0656. The van der Waals surface area contributed by atoms with Crippen molar-refractivity contribution in [1.82, 2.24) is 4.98 Å². The molecule has 3 N–H and O–H groups in total. The number of benzene rings is 1. The van der Waals surface area contributed by atoms with Crippen LogP contribution in [0.25, 0.3) is 0 Å².